The van der Waals surface area contributed by atoms with Crippen LogP contribution in [0.25, 0.3) is 5.70 Å². The SMILES string of the molecule is CCOC(=O)C1=C(NC(=S)NC(=O)c2ccccc2)c2ccccc2C[C@]1(C)C1CCCCC1. The molecule has 0 aliphatic heterocycles. The number of hydrogen-bond acceptors (Lipinski definition) is 4. The monoisotopic (exact) mass is 476 g/mol. The van der Waals surface area contributed by atoms with Crippen LogP contribution in [0.2, 0.25) is 0 Å². The molecule has 0 saturated heterocycles. The number of ether oxygens (including phenoxy) is 1. The highest BCUT2D eigenvalue weighted by molar-refractivity contribution is 7.80. The average Bonchev–Trinajstić information content (AvgIpc) is 2.85. The summed E-state index contributed by atoms with van der Waals surface area (Å²) < 4.78 is 5.58. The second-order valence-electron chi connectivity index (χ2n) is 9.33. The van der Waals surface area contributed by atoms with Crippen LogP contribution >= 0.6 is 12.2 Å². The molecule has 4 rings (SSSR count). The van der Waals surface area contributed by atoms with Crippen LogP contribution < -0.4 is 10.6 Å². The zero-order chi connectivity index (χ0) is 24.1. The topological polar surface area (TPSA) is 67.4 Å². The third kappa shape index (κ3) is 4.92. The van der Waals surface area contributed by atoms with E-state index in [1.165, 1.54) is 24.8 Å². The van der Waals surface area contributed by atoms with E-state index in [0.717, 1.165) is 24.8 Å². The zero-order valence-electron chi connectivity index (χ0n) is 19.9. The van der Waals surface area contributed by atoms with E-state index in [4.69, 9.17) is 17.0 Å². The second-order valence-corrected chi connectivity index (χ2v) is 9.74. The van der Waals surface area contributed by atoms with Crippen molar-refractivity contribution in [3.05, 3.63) is 76.9 Å². The van der Waals surface area contributed by atoms with Gasteiger partial charge >= 0.3 is 5.97 Å². The highest BCUT2D eigenvalue weighted by Crippen LogP contribution is 2.51. The van der Waals surface area contributed by atoms with Crippen LogP contribution in [0.1, 0.15) is 67.4 Å². The Hall–Kier alpha value is -2.99. The van der Waals surface area contributed by atoms with Gasteiger partial charge in [-0.1, -0.05) is 68.7 Å². The standard InChI is InChI=1S/C28H32N2O3S/c1-3-33-26(32)23-24(29-27(34)30-25(31)19-12-6-4-7-13-19)22-17-11-10-14-20(22)18-28(23,2)21-15-8-5-9-16-21/h4,6-7,10-14,17,21H,3,5,8-9,15-16,18H2,1-2H3,(H2,29,30,31,34)/t28-/m1/s1. The summed E-state index contributed by atoms with van der Waals surface area (Å²) in [5.41, 5.74) is 3.51. The van der Waals surface area contributed by atoms with Gasteiger partial charge in [0.1, 0.15) is 0 Å². The number of fused-ring (bicyclic) bond motifs is 1. The van der Waals surface area contributed by atoms with Crippen LogP contribution in [-0.4, -0.2) is 23.6 Å². The van der Waals surface area contributed by atoms with E-state index in [1.807, 2.05) is 31.2 Å². The Balaban J connectivity index is 1.74. The van der Waals surface area contributed by atoms with E-state index >= 15 is 0 Å². The molecule has 5 nitrogen and oxygen atoms in total. The van der Waals surface area contributed by atoms with Crippen molar-refractivity contribution < 1.29 is 14.3 Å². The summed E-state index contributed by atoms with van der Waals surface area (Å²) >= 11 is 5.55. The Bertz CT molecular complexity index is 1110. The molecule has 1 atom stereocenters. The first kappa shape index (κ1) is 24.1. The maximum Gasteiger partial charge on any atom is 0.336 e. The molecular weight excluding hydrogens is 444 g/mol. The first-order chi connectivity index (χ1) is 16.4. The first-order valence-electron chi connectivity index (χ1n) is 12.1. The van der Waals surface area contributed by atoms with Gasteiger partial charge in [0.25, 0.3) is 5.91 Å². The maximum absolute atomic E-state index is 13.5. The van der Waals surface area contributed by atoms with Crippen molar-refractivity contribution >= 4 is 34.9 Å². The molecule has 6 heteroatoms. The van der Waals surface area contributed by atoms with Gasteiger partial charge in [-0.2, -0.15) is 0 Å². The summed E-state index contributed by atoms with van der Waals surface area (Å²) in [6, 6.07) is 17.0. The van der Waals surface area contributed by atoms with E-state index in [0.29, 0.717) is 29.4 Å². The van der Waals surface area contributed by atoms with E-state index < -0.39 is 0 Å². The minimum absolute atomic E-state index is 0.161. The second kappa shape index (κ2) is 10.5. The van der Waals surface area contributed by atoms with Crippen molar-refractivity contribution in [3.8, 4) is 0 Å². The predicted octanol–water partition coefficient (Wildman–Crippen LogP) is 5.41. The number of nitrogens with one attached hydrogen (secondary N) is 2. The molecule has 1 saturated carbocycles. The molecule has 34 heavy (non-hydrogen) atoms. The van der Waals surface area contributed by atoms with Crippen LogP contribution in [0.5, 0.6) is 0 Å². The average molecular weight is 477 g/mol. The van der Waals surface area contributed by atoms with Gasteiger partial charge in [0.15, 0.2) is 5.11 Å². The van der Waals surface area contributed by atoms with Gasteiger partial charge in [0, 0.05) is 16.5 Å². The van der Waals surface area contributed by atoms with Crippen LogP contribution in [0.3, 0.4) is 0 Å². The Morgan fingerprint density at radius 3 is 2.41 bits per heavy atom. The Morgan fingerprint density at radius 1 is 1.03 bits per heavy atom. The molecule has 1 fully saturated rings. The minimum atomic E-state index is -0.386. The molecule has 0 radical (unpaired) electrons. The fraction of sp³-hybridized carbons (Fsp3) is 0.393. The number of thiocarbonyl (C=S) groups is 1. The molecule has 2 aliphatic rings. The number of rotatable bonds is 5. The molecule has 0 bridgehead atoms. The molecule has 2 aromatic rings. The molecule has 0 heterocycles. The molecule has 0 unspecified atom stereocenters. The number of benzene rings is 2. The molecular formula is C28H32N2O3S. The predicted molar refractivity (Wildman–Crippen MR) is 138 cm³/mol. The van der Waals surface area contributed by atoms with E-state index in [9.17, 15) is 9.59 Å². The quantitative estimate of drug-likeness (QED) is 0.446. The van der Waals surface area contributed by atoms with Crippen molar-refractivity contribution in [3.63, 3.8) is 0 Å². The van der Waals surface area contributed by atoms with E-state index in [-0.39, 0.29) is 22.4 Å². The fourth-order valence-corrected chi connectivity index (χ4v) is 5.68. The summed E-state index contributed by atoms with van der Waals surface area (Å²) in [4.78, 5) is 26.1. The van der Waals surface area contributed by atoms with Crippen LogP contribution in [0.4, 0.5) is 0 Å². The molecule has 2 aromatic carbocycles. The number of amides is 1. The first-order valence-corrected chi connectivity index (χ1v) is 12.5. The smallest absolute Gasteiger partial charge is 0.336 e. The zero-order valence-corrected chi connectivity index (χ0v) is 20.7. The molecule has 1 amide bonds. The molecule has 0 spiro atoms. The van der Waals surface area contributed by atoms with Crippen LogP contribution in [-0.2, 0) is 16.0 Å². The van der Waals surface area contributed by atoms with Crippen molar-refractivity contribution in [2.45, 2.75) is 52.4 Å². The molecule has 0 aromatic heterocycles. The van der Waals surface area contributed by atoms with Gasteiger partial charge in [0.05, 0.1) is 17.9 Å². The van der Waals surface area contributed by atoms with E-state index in [1.54, 1.807) is 24.3 Å². The Morgan fingerprint density at radius 2 is 1.71 bits per heavy atom. The van der Waals surface area contributed by atoms with Crippen molar-refractivity contribution in [1.82, 2.24) is 10.6 Å². The number of esters is 1. The lowest BCUT2D eigenvalue weighted by Crippen LogP contribution is -2.45. The third-order valence-electron chi connectivity index (χ3n) is 7.15. The summed E-state index contributed by atoms with van der Waals surface area (Å²) in [6.07, 6.45) is 6.53. The van der Waals surface area contributed by atoms with Gasteiger partial charge < -0.3 is 10.1 Å². The Kier molecular flexibility index (Phi) is 7.47. The highest BCUT2D eigenvalue weighted by Gasteiger charge is 2.46. The van der Waals surface area contributed by atoms with Crippen LogP contribution in [0.15, 0.2) is 60.2 Å². The summed E-state index contributed by atoms with van der Waals surface area (Å²) in [5.74, 6) is -0.237. The lowest BCUT2D eigenvalue weighted by atomic mass is 9.60. The largest absolute Gasteiger partial charge is 0.463 e. The minimum Gasteiger partial charge on any atom is -0.463 e. The normalized spacial score (nSPS) is 20.3. The van der Waals surface area contributed by atoms with Crippen LogP contribution in [0, 0.1) is 11.3 Å². The molecule has 2 aliphatic carbocycles. The van der Waals surface area contributed by atoms with Crippen molar-refractivity contribution in [2.75, 3.05) is 6.61 Å². The lowest BCUT2D eigenvalue weighted by Gasteiger charge is -2.45. The lowest BCUT2D eigenvalue weighted by molar-refractivity contribution is -0.140. The van der Waals surface area contributed by atoms with Crippen molar-refractivity contribution in [2.24, 2.45) is 11.3 Å². The fourth-order valence-electron chi connectivity index (χ4n) is 5.49. The van der Waals surface area contributed by atoms with Gasteiger partial charge in [-0.3, -0.25) is 10.1 Å². The van der Waals surface area contributed by atoms with Gasteiger partial charge in [-0.15, -0.1) is 0 Å². The third-order valence-corrected chi connectivity index (χ3v) is 7.36. The van der Waals surface area contributed by atoms with Gasteiger partial charge in [0.2, 0.25) is 0 Å². The maximum atomic E-state index is 13.5. The summed E-state index contributed by atoms with van der Waals surface area (Å²) in [7, 11) is 0. The molecule has 2 N–H and O–H groups in total. The number of carbonyl (C=O) groups excluding carboxylic acids is 2. The summed E-state index contributed by atoms with van der Waals surface area (Å²) in [6.45, 7) is 4.32. The molecule has 178 valence electrons. The summed E-state index contributed by atoms with van der Waals surface area (Å²) in [5, 5.41) is 6.17. The highest BCUT2D eigenvalue weighted by atomic mass is 32.1. The number of hydrogen-bond donors (Lipinski definition) is 2. The van der Waals surface area contributed by atoms with E-state index in [2.05, 4.69) is 23.6 Å². The van der Waals surface area contributed by atoms with Gasteiger partial charge in [-0.05, 0) is 62.0 Å². The number of carbonyl (C=O) groups is 2. The van der Waals surface area contributed by atoms with Gasteiger partial charge in [-0.25, -0.2) is 4.79 Å². The Labute approximate surface area is 207 Å². The van der Waals surface area contributed by atoms with Crippen molar-refractivity contribution in [1.29, 1.82) is 0 Å².